The zero-order chi connectivity index (χ0) is 39.7. The van der Waals surface area contributed by atoms with Crippen LogP contribution < -0.4 is 0 Å². The highest BCUT2D eigenvalue weighted by atomic mass is 14.9. The molecule has 0 fully saturated rings. The fraction of sp³-hybridized carbons (Fsp3) is 0.0377. The Morgan fingerprint density at radius 3 is 1.46 bits per heavy atom. The third-order valence-corrected chi connectivity index (χ3v) is 8.25. The van der Waals surface area contributed by atoms with E-state index in [-0.39, 0.29) is 0 Å². The summed E-state index contributed by atoms with van der Waals surface area (Å²) in [6, 6.07) is 16.2. The van der Waals surface area contributed by atoms with Gasteiger partial charge in [-0.25, -0.2) is 15.0 Å². The van der Waals surface area contributed by atoms with Crippen LogP contribution in [-0.2, 0) is 0 Å². The molecule has 7 rings (SSSR count). The average molecular weight is 713 g/mol. The summed E-state index contributed by atoms with van der Waals surface area (Å²) in [6.45, 7) is 0. The van der Waals surface area contributed by atoms with Crippen molar-refractivity contribution < 1.29 is 0 Å². The first kappa shape index (κ1) is 35.8. The standard InChI is InChI=1S/C53H20N4/c1-7-36-25-39-13-19-46-35-48(54-49(46)11-5)21-15-41-27-38(9-3)30-44(33-41)18-24-53-56-50(12-6)52(57-53)23-17-43-29-37(8-2)26-40(32-43)14-20-47-34-45(10-4)51(55-47)22-16-42(28-36)31-39/h1-6,25-33H,34-35H2,(H,56,57). The lowest BCUT2D eigenvalue weighted by Crippen LogP contribution is -1.91. The van der Waals surface area contributed by atoms with Gasteiger partial charge in [0.1, 0.15) is 22.8 Å². The molecule has 0 radical (unpaired) electrons. The monoisotopic (exact) mass is 712 g/mol. The van der Waals surface area contributed by atoms with E-state index >= 15 is 0 Å². The Hall–Kier alpha value is -9.59. The third kappa shape index (κ3) is 8.40. The number of nitrogens with one attached hydrogen (secondary N) is 1. The number of aromatic amines is 1. The molecule has 4 aromatic rings. The predicted molar refractivity (Wildman–Crippen MR) is 225 cm³/mol. The van der Waals surface area contributed by atoms with Gasteiger partial charge in [-0.15, -0.1) is 38.5 Å². The van der Waals surface area contributed by atoms with Gasteiger partial charge in [-0.05, 0) is 96.0 Å². The Morgan fingerprint density at radius 2 is 0.947 bits per heavy atom. The summed E-state index contributed by atoms with van der Waals surface area (Å²) in [6.07, 6.45) is 35.5. The van der Waals surface area contributed by atoms with E-state index in [4.69, 9.17) is 38.5 Å². The summed E-state index contributed by atoms with van der Waals surface area (Å²) in [5.41, 5.74) is 9.53. The van der Waals surface area contributed by atoms with E-state index in [1.807, 2.05) is 18.2 Å². The number of hydrogen-bond donors (Lipinski definition) is 1. The van der Waals surface area contributed by atoms with Crippen molar-refractivity contribution in [1.29, 1.82) is 0 Å². The van der Waals surface area contributed by atoms with Gasteiger partial charge in [-0.1, -0.05) is 65.1 Å². The van der Waals surface area contributed by atoms with Crippen LogP contribution >= 0.6 is 0 Å². The molecule has 252 valence electrons. The van der Waals surface area contributed by atoms with Gasteiger partial charge < -0.3 is 4.98 Å². The van der Waals surface area contributed by atoms with Crippen molar-refractivity contribution >= 4 is 11.4 Å². The molecule has 0 spiro atoms. The van der Waals surface area contributed by atoms with E-state index in [0.29, 0.717) is 114 Å². The lowest BCUT2D eigenvalue weighted by Gasteiger charge is -1.98. The molecule has 1 aromatic heterocycles. The van der Waals surface area contributed by atoms with Gasteiger partial charge in [-0.2, -0.15) is 0 Å². The maximum Gasteiger partial charge on any atom is 0.185 e. The first-order chi connectivity index (χ1) is 27.8. The van der Waals surface area contributed by atoms with Crippen molar-refractivity contribution in [2.24, 2.45) is 9.98 Å². The van der Waals surface area contributed by atoms with Crippen molar-refractivity contribution in [1.82, 2.24) is 9.97 Å². The second-order valence-electron chi connectivity index (χ2n) is 12.2. The number of allylic oxidation sites excluding steroid dienone is 4. The molecule has 0 saturated carbocycles. The van der Waals surface area contributed by atoms with Crippen molar-refractivity contribution in [3.63, 3.8) is 0 Å². The Morgan fingerprint density at radius 1 is 0.456 bits per heavy atom. The number of rotatable bonds is 0. The van der Waals surface area contributed by atoms with Gasteiger partial charge in [0.25, 0.3) is 0 Å². The number of hydrogen-bond acceptors (Lipinski definition) is 3. The summed E-state index contributed by atoms with van der Waals surface area (Å²) in [4.78, 5) is 16.7. The second-order valence-corrected chi connectivity index (χ2v) is 12.2. The van der Waals surface area contributed by atoms with Gasteiger partial charge in [0, 0.05) is 74.1 Å². The molecule has 3 aliphatic heterocycles. The first-order valence-corrected chi connectivity index (χ1v) is 16.9. The van der Waals surface area contributed by atoms with Crippen LogP contribution in [0.5, 0.6) is 0 Å². The molecule has 0 saturated heterocycles. The molecule has 0 atom stereocenters. The Kier molecular flexibility index (Phi) is 10.0. The molecule has 12 bridgehead atoms. The summed E-state index contributed by atoms with van der Waals surface area (Å²) in [5.74, 6) is 53.6. The summed E-state index contributed by atoms with van der Waals surface area (Å²) < 4.78 is 0. The van der Waals surface area contributed by atoms with Gasteiger partial charge >= 0.3 is 0 Å². The minimum atomic E-state index is 0.305. The Balaban J connectivity index is 1.34. The number of aromatic nitrogens is 2. The Bertz CT molecular complexity index is 3320. The topological polar surface area (TPSA) is 53.4 Å². The van der Waals surface area contributed by atoms with Crippen molar-refractivity contribution in [2.75, 3.05) is 0 Å². The zero-order valence-corrected chi connectivity index (χ0v) is 29.9. The number of aliphatic imine (C=N–C) groups is 2. The van der Waals surface area contributed by atoms with Crippen LogP contribution in [0.3, 0.4) is 0 Å². The second kappa shape index (κ2) is 16.0. The van der Waals surface area contributed by atoms with Crippen LogP contribution in [0, 0.1) is 145 Å². The molecule has 3 aromatic carbocycles. The molecule has 0 amide bonds. The molecule has 0 unspecified atom stereocenters. The van der Waals surface area contributed by atoms with Gasteiger partial charge in [-0.3, -0.25) is 0 Å². The number of benzene rings is 3. The van der Waals surface area contributed by atoms with E-state index in [9.17, 15) is 0 Å². The lowest BCUT2D eigenvalue weighted by atomic mass is 10.0. The molecule has 4 heteroatoms. The van der Waals surface area contributed by atoms with E-state index in [2.05, 4.69) is 127 Å². The number of imidazole rings is 1. The molecule has 0 aliphatic carbocycles. The van der Waals surface area contributed by atoms with Crippen LogP contribution in [0.4, 0.5) is 0 Å². The van der Waals surface area contributed by atoms with Gasteiger partial charge in [0.05, 0.1) is 11.4 Å². The SMILES string of the molecule is C#CC1=C2C#Cc3cc(C#C)cc(c3)C#CC3=C(C#C)N=C(C#Cc4cc(C#C)cc(c4)C#Cc4nc(C#C)c([nH]4)C#Cc4cc(C#C)cc(c4)C#CC(=N2)C1)C3. The van der Waals surface area contributed by atoms with Crippen LogP contribution in [0.1, 0.15) is 80.1 Å². The summed E-state index contributed by atoms with van der Waals surface area (Å²) in [5, 5.41) is 0. The predicted octanol–water partition coefficient (Wildman–Crippen LogP) is 5.72. The highest BCUT2D eigenvalue weighted by molar-refractivity contribution is 6.06. The smallest absolute Gasteiger partial charge is 0.185 e. The number of terminal acetylenes is 6. The maximum absolute atomic E-state index is 5.85. The van der Waals surface area contributed by atoms with Crippen LogP contribution in [-0.4, -0.2) is 21.4 Å². The number of fused-ring (bicyclic) bond motifs is 11. The summed E-state index contributed by atoms with van der Waals surface area (Å²) in [7, 11) is 0. The van der Waals surface area contributed by atoms with Crippen LogP contribution in [0.2, 0.25) is 0 Å². The van der Waals surface area contributed by atoms with E-state index in [0.717, 1.165) is 0 Å². The van der Waals surface area contributed by atoms with Gasteiger partial charge in [0.2, 0.25) is 0 Å². The normalized spacial score (nSPS) is 12.7. The van der Waals surface area contributed by atoms with E-state index in [1.165, 1.54) is 0 Å². The number of nitrogens with zero attached hydrogens (tertiary/aromatic N) is 3. The maximum atomic E-state index is 5.85. The van der Waals surface area contributed by atoms with Crippen molar-refractivity contribution in [3.05, 3.63) is 144 Å². The molecular weight excluding hydrogens is 693 g/mol. The summed E-state index contributed by atoms with van der Waals surface area (Å²) >= 11 is 0. The fourth-order valence-corrected chi connectivity index (χ4v) is 5.60. The third-order valence-electron chi connectivity index (χ3n) is 8.25. The van der Waals surface area contributed by atoms with Crippen molar-refractivity contribution in [3.8, 4) is 145 Å². The molecule has 4 heterocycles. The highest BCUT2D eigenvalue weighted by Crippen LogP contribution is 2.21. The lowest BCUT2D eigenvalue weighted by molar-refractivity contribution is 1.24. The largest absolute Gasteiger partial charge is 0.324 e. The highest BCUT2D eigenvalue weighted by Gasteiger charge is 2.15. The van der Waals surface area contributed by atoms with Gasteiger partial charge in [0.15, 0.2) is 5.82 Å². The van der Waals surface area contributed by atoms with E-state index < -0.39 is 0 Å². The first-order valence-electron chi connectivity index (χ1n) is 16.9. The minimum Gasteiger partial charge on any atom is -0.324 e. The quantitative estimate of drug-likeness (QED) is 0.233. The molecule has 1 N–H and O–H groups in total. The van der Waals surface area contributed by atoms with Crippen LogP contribution in [0.15, 0.2) is 87.1 Å². The molecule has 3 aliphatic rings. The Labute approximate surface area is 332 Å². The van der Waals surface area contributed by atoms with Crippen molar-refractivity contribution in [2.45, 2.75) is 12.8 Å². The van der Waals surface area contributed by atoms with Crippen LogP contribution in [0.25, 0.3) is 0 Å². The zero-order valence-electron chi connectivity index (χ0n) is 29.9. The minimum absolute atomic E-state index is 0.305. The number of H-pyrrole nitrogens is 1. The fourth-order valence-electron chi connectivity index (χ4n) is 5.60. The molecule has 57 heavy (non-hydrogen) atoms. The molecule has 4 nitrogen and oxygen atoms in total. The van der Waals surface area contributed by atoms with E-state index in [1.54, 1.807) is 36.4 Å². The average Bonchev–Trinajstić information content (AvgIpc) is 3.97. The molecular formula is C53H20N4.